The minimum atomic E-state index is -0.537. The van der Waals surface area contributed by atoms with Crippen LogP contribution in [0, 0.1) is 0 Å². The van der Waals surface area contributed by atoms with Gasteiger partial charge in [0.25, 0.3) is 5.91 Å². The average Bonchev–Trinajstić information content (AvgIpc) is 3.47. The van der Waals surface area contributed by atoms with Crippen LogP contribution in [0.1, 0.15) is 43.1 Å². The van der Waals surface area contributed by atoms with E-state index in [1.54, 1.807) is 12.1 Å². The molecule has 9 heteroatoms. The van der Waals surface area contributed by atoms with Crippen LogP contribution in [0.15, 0.2) is 85.1 Å². The molecule has 0 atom stereocenters. The van der Waals surface area contributed by atoms with Crippen LogP contribution in [0.25, 0.3) is 0 Å². The number of hydrogen-bond donors (Lipinski definition) is 2. The number of Topliss-reactive ketones (excluding diaryl/α,β-unsaturated/α-hetero) is 1. The van der Waals surface area contributed by atoms with Gasteiger partial charge in [0.2, 0.25) is 12.6 Å². The molecule has 0 spiro atoms. The van der Waals surface area contributed by atoms with Crippen molar-refractivity contribution >= 4 is 11.7 Å². The fraction of sp³-hybridized carbons (Fsp3) is 0.194. The van der Waals surface area contributed by atoms with Gasteiger partial charge < -0.3 is 29.4 Å². The van der Waals surface area contributed by atoms with Crippen LogP contribution in [-0.2, 0) is 31.1 Å². The van der Waals surface area contributed by atoms with E-state index in [4.69, 9.17) is 18.9 Å². The summed E-state index contributed by atoms with van der Waals surface area (Å²) in [5.41, 5.74) is 2.84. The molecule has 40 heavy (non-hydrogen) atoms. The van der Waals surface area contributed by atoms with Crippen molar-refractivity contribution in [3.05, 3.63) is 119 Å². The van der Waals surface area contributed by atoms with Gasteiger partial charge in [-0.1, -0.05) is 66.7 Å². The first-order chi connectivity index (χ1) is 19.6. The van der Waals surface area contributed by atoms with Crippen LogP contribution in [0.5, 0.6) is 17.2 Å². The van der Waals surface area contributed by atoms with E-state index in [1.165, 1.54) is 6.20 Å². The van der Waals surface area contributed by atoms with Crippen molar-refractivity contribution in [3.8, 4) is 17.2 Å². The van der Waals surface area contributed by atoms with Crippen LogP contribution < -0.4 is 19.5 Å². The van der Waals surface area contributed by atoms with E-state index >= 15 is 0 Å². The second-order valence-corrected chi connectivity index (χ2v) is 9.03. The summed E-state index contributed by atoms with van der Waals surface area (Å²) in [5, 5.41) is 13.1. The molecule has 2 N–H and O–H groups in total. The zero-order valence-electron chi connectivity index (χ0n) is 21.7. The number of aliphatic hydroxyl groups excluding tert-OH is 1. The third-order valence-electron chi connectivity index (χ3n) is 6.26. The number of ketones is 1. The molecule has 0 saturated heterocycles. The molecule has 5 rings (SSSR count). The first kappa shape index (κ1) is 26.9. The first-order valence-corrected chi connectivity index (χ1v) is 12.7. The number of carbonyl (C=O) groups is 2. The molecular weight excluding hydrogens is 512 g/mol. The summed E-state index contributed by atoms with van der Waals surface area (Å²) >= 11 is 0. The molecule has 1 amide bonds. The third kappa shape index (κ3) is 6.45. The number of amides is 1. The summed E-state index contributed by atoms with van der Waals surface area (Å²) < 4.78 is 22.4. The van der Waals surface area contributed by atoms with E-state index in [1.807, 2.05) is 66.7 Å². The normalized spacial score (nSPS) is 11.7. The highest BCUT2D eigenvalue weighted by molar-refractivity contribution is 6.01. The molecule has 1 aliphatic heterocycles. The highest BCUT2D eigenvalue weighted by Crippen LogP contribution is 2.32. The fourth-order valence-electron chi connectivity index (χ4n) is 4.20. The van der Waals surface area contributed by atoms with Crippen LogP contribution in [-0.4, -0.2) is 35.2 Å². The molecule has 0 radical (unpaired) electrons. The van der Waals surface area contributed by atoms with Crippen molar-refractivity contribution in [2.45, 2.75) is 26.4 Å². The van der Waals surface area contributed by atoms with E-state index < -0.39 is 18.3 Å². The molecule has 0 unspecified atom stereocenters. The van der Waals surface area contributed by atoms with E-state index in [2.05, 4.69) is 10.3 Å². The van der Waals surface area contributed by atoms with Gasteiger partial charge in [-0.3, -0.25) is 9.59 Å². The predicted octanol–water partition coefficient (Wildman–Crippen LogP) is 4.21. The largest absolute Gasteiger partial charge is 0.486 e. The molecule has 0 fully saturated rings. The first-order valence-electron chi connectivity index (χ1n) is 12.7. The minimum absolute atomic E-state index is 0.0136. The highest BCUT2D eigenvalue weighted by atomic mass is 16.7. The lowest BCUT2D eigenvalue weighted by Crippen LogP contribution is -2.25. The van der Waals surface area contributed by atoms with Gasteiger partial charge in [-0.15, -0.1) is 0 Å². The minimum Gasteiger partial charge on any atom is -0.486 e. The molecule has 4 aromatic rings. The van der Waals surface area contributed by atoms with Crippen molar-refractivity contribution in [3.63, 3.8) is 0 Å². The number of aliphatic hydroxyl groups is 1. The van der Waals surface area contributed by atoms with Crippen LogP contribution in [0.4, 0.5) is 0 Å². The zero-order valence-corrected chi connectivity index (χ0v) is 21.7. The molecule has 2 heterocycles. The van der Waals surface area contributed by atoms with Gasteiger partial charge in [0.15, 0.2) is 22.9 Å². The summed E-state index contributed by atoms with van der Waals surface area (Å²) in [6.45, 7) is -0.0586. The molecular formula is C31H28N2O7. The zero-order chi connectivity index (χ0) is 27.7. The Morgan fingerprint density at radius 2 is 1.57 bits per heavy atom. The smallest absolute Gasteiger partial charge is 0.253 e. The number of nitrogens with zero attached hydrogens (tertiary/aromatic N) is 1. The van der Waals surface area contributed by atoms with Crippen LogP contribution >= 0.6 is 0 Å². The molecule has 3 aromatic carbocycles. The lowest BCUT2D eigenvalue weighted by atomic mass is 10.1. The number of pyridine rings is 1. The number of carbonyl (C=O) groups excluding carboxylic acids is 2. The van der Waals surface area contributed by atoms with Crippen molar-refractivity contribution < 1.29 is 33.6 Å². The van der Waals surface area contributed by atoms with Crippen molar-refractivity contribution in [2.24, 2.45) is 0 Å². The van der Waals surface area contributed by atoms with Crippen molar-refractivity contribution in [2.75, 3.05) is 13.4 Å². The van der Waals surface area contributed by atoms with E-state index in [0.29, 0.717) is 11.5 Å². The molecule has 204 valence electrons. The van der Waals surface area contributed by atoms with Crippen molar-refractivity contribution in [1.82, 2.24) is 10.3 Å². The topological polar surface area (TPSA) is 116 Å². The Bertz CT molecular complexity index is 1480. The molecule has 0 aliphatic carbocycles. The summed E-state index contributed by atoms with van der Waals surface area (Å²) in [6, 6.07) is 24.2. The summed E-state index contributed by atoms with van der Waals surface area (Å²) in [4.78, 5) is 30.6. The number of ether oxygens (including phenoxy) is 4. The van der Waals surface area contributed by atoms with E-state index in [-0.39, 0.29) is 55.7 Å². The maximum absolute atomic E-state index is 13.2. The lowest BCUT2D eigenvalue weighted by molar-refractivity contribution is 0.0716. The number of benzene rings is 3. The second kappa shape index (κ2) is 12.9. The Morgan fingerprint density at radius 1 is 0.875 bits per heavy atom. The number of rotatable bonds is 12. The van der Waals surface area contributed by atoms with Crippen LogP contribution in [0.2, 0.25) is 0 Å². The van der Waals surface area contributed by atoms with E-state index in [9.17, 15) is 14.7 Å². The number of hydrogen-bond acceptors (Lipinski definition) is 8. The Morgan fingerprint density at radius 3 is 2.30 bits per heavy atom. The Labute approximate surface area is 231 Å². The third-order valence-corrected chi connectivity index (χ3v) is 6.26. The number of aromatic nitrogens is 1. The Kier molecular flexibility index (Phi) is 8.65. The monoisotopic (exact) mass is 540 g/mol. The van der Waals surface area contributed by atoms with Crippen molar-refractivity contribution in [1.29, 1.82) is 0 Å². The second-order valence-electron chi connectivity index (χ2n) is 9.03. The maximum Gasteiger partial charge on any atom is 0.253 e. The molecule has 1 aliphatic rings. The highest BCUT2D eigenvalue weighted by Gasteiger charge is 2.24. The lowest BCUT2D eigenvalue weighted by Gasteiger charge is -2.17. The number of fused-ring (bicyclic) bond motifs is 1. The molecule has 0 bridgehead atoms. The Balaban J connectivity index is 1.35. The van der Waals surface area contributed by atoms with Gasteiger partial charge in [0.1, 0.15) is 13.2 Å². The van der Waals surface area contributed by atoms with Gasteiger partial charge >= 0.3 is 0 Å². The van der Waals surface area contributed by atoms with Gasteiger partial charge in [0.05, 0.1) is 18.8 Å². The fourth-order valence-corrected chi connectivity index (χ4v) is 4.20. The van der Waals surface area contributed by atoms with Gasteiger partial charge in [-0.2, -0.15) is 0 Å². The average molecular weight is 541 g/mol. The van der Waals surface area contributed by atoms with Crippen LogP contribution in [0.3, 0.4) is 0 Å². The Hall–Kier alpha value is -4.73. The number of nitrogens with one attached hydrogen (secondary N) is 1. The predicted molar refractivity (Wildman–Crippen MR) is 145 cm³/mol. The molecule has 0 saturated carbocycles. The standard InChI is InChI=1S/C31H28N2O7/c34-16-25-24(31(36)33-14-23-11-12-27-28(13-23)40-20-39-27)15-32-29(30(25)38-18-22-9-5-2-6-10-22)26(35)19-37-17-21-7-3-1-4-8-21/h1-13,15,34H,14,16-20H2,(H,33,36). The summed E-state index contributed by atoms with van der Waals surface area (Å²) in [6.07, 6.45) is 1.28. The van der Waals surface area contributed by atoms with E-state index in [0.717, 1.165) is 16.7 Å². The quantitative estimate of drug-likeness (QED) is 0.257. The summed E-state index contributed by atoms with van der Waals surface area (Å²) in [7, 11) is 0. The SMILES string of the molecule is O=C(NCc1ccc2c(c1)OCO2)c1cnc(C(=O)COCc2ccccc2)c(OCc2ccccc2)c1CO. The van der Waals surface area contributed by atoms with Gasteiger partial charge in [0, 0.05) is 18.3 Å². The molecule has 1 aromatic heterocycles. The van der Waals surface area contributed by atoms with Gasteiger partial charge in [-0.05, 0) is 28.8 Å². The van der Waals surface area contributed by atoms with Gasteiger partial charge in [-0.25, -0.2) is 4.98 Å². The maximum atomic E-state index is 13.2. The summed E-state index contributed by atoms with van der Waals surface area (Å²) in [5.74, 6) is 0.406. The molecule has 9 nitrogen and oxygen atoms in total.